The van der Waals surface area contributed by atoms with E-state index in [9.17, 15) is 18.0 Å². The molecule has 1 amide bonds. The summed E-state index contributed by atoms with van der Waals surface area (Å²) >= 11 is 0. The summed E-state index contributed by atoms with van der Waals surface area (Å²) in [4.78, 5) is 26.4. The van der Waals surface area contributed by atoms with Crippen LogP contribution >= 0.6 is 0 Å². The molecule has 0 aliphatic carbocycles. The van der Waals surface area contributed by atoms with Crippen LogP contribution < -0.4 is 25.1 Å². The second kappa shape index (κ2) is 9.01. The van der Waals surface area contributed by atoms with Gasteiger partial charge in [-0.2, -0.15) is 0 Å². The summed E-state index contributed by atoms with van der Waals surface area (Å²) < 4.78 is 38.6. The van der Waals surface area contributed by atoms with E-state index < -0.39 is 10.0 Å². The van der Waals surface area contributed by atoms with Crippen LogP contribution in [0.2, 0.25) is 0 Å². The Hall–Kier alpha value is -3.37. The highest BCUT2D eigenvalue weighted by Gasteiger charge is 2.18. The fourth-order valence-corrected chi connectivity index (χ4v) is 4.47. The van der Waals surface area contributed by atoms with E-state index in [4.69, 9.17) is 9.47 Å². The topological polar surface area (TPSA) is 127 Å². The molecule has 1 aromatic heterocycles. The molecule has 1 atom stereocenters. The van der Waals surface area contributed by atoms with Crippen molar-refractivity contribution in [3.63, 3.8) is 0 Å². The first-order valence-corrected chi connectivity index (χ1v) is 11.6. The summed E-state index contributed by atoms with van der Waals surface area (Å²) in [6, 6.07) is 12.5. The smallest absolute Gasteiger partial charge is 0.248 e. The molecule has 10 heteroatoms. The number of ether oxygens (including phenoxy) is 2. The molecule has 0 saturated carbocycles. The van der Waals surface area contributed by atoms with Gasteiger partial charge >= 0.3 is 0 Å². The van der Waals surface area contributed by atoms with Gasteiger partial charge in [0.25, 0.3) is 0 Å². The second-order valence-corrected chi connectivity index (χ2v) is 9.18. The first-order chi connectivity index (χ1) is 15.3. The molecular weight excluding hydrogens is 434 g/mol. The lowest BCUT2D eigenvalue weighted by molar-refractivity contribution is -0.121. The maximum absolute atomic E-state index is 12.6. The number of carbonyl (C=O) groups excluding carboxylic acids is 1. The van der Waals surface area contributed by atoms with Crippen molar-refractivity contribution >= 4 is 26.8 Å². The third-order valence-electron chi connectivity index (χ3n) is 5.09. The second-order valence-electron chi connectivity index (χ2n) is 7.41. The largest absolute Gasteiger partial charge is 0.486 e. The zero-order chi connectivity index (χ0) is 22.7. The van der Waals surface area contributed by atoms with Crippen molar-refractivity contribution in [3.05, 3.63) is 64.4 Å². The zero-order valence-corrected chi connectivity index (χ0v) is 18.2. The van der Waals surface area contributed by atoms with E-state index in [0.717, 1.165) is 5.56 Å². The van der Waals surface area contributed by atoms with Crippen molar-refractivity contribution in [3.8, 4) is 11.5 Å². The lowest BCUT2D eigenvalue weighted by Crippen LogP contribution is -2.32. The van der Waals surface area contributed by atoms with Gasteiger partial charge in [-0.05, 0) is 54.3 Å². The number of hydrogen-bond acceptors (Lipinski definition) is 6. The third-order valence-corrected chi connectivity index (χ3v) is 6.55. The van der Waals surface area contributed by atoms with Gasteiger partial charge in [-0.1, -0.05) is 6.07 Å². The molecule has 0 fully saturated rings. The standard InChI is InChI=1S/C22H23N3O6S/c1-14(15-2-6-19-20(13-15)31-11-10-30-19)24-22(27)8-9-23-32(28,29)17-4-5-18-16(12-17)3-7-21(26)25-18/h2-7,12-14,23H,8-11H2,1H3,(H,24,27)(H,25,26)/t14-/m1/s1. The van der Waals surface area contributed by atoms with Crippen molar-refractivity contribution < 1.29 is 22.7 Å². The van der Waals surface area contributed by atoms with Crippen molar-refractivity contribution in [2.45, 2.75) is 24.3 Å². The fraction of sp³-hybridized carbons (Fsp3) is 0.273. The van der Waals surface area contributed by atoms with E-state index in [-0.39, 0.29) is 35.4 Å². The highest BCUT2D eigenvalue weighted by Crippen LogP contribution is 2.32. The molecule has 3 aromatic rings. The summed E-state index contributed by atoms with van der Waals surface area (Å²) in [6.07, 6.45) is -0.0188. The normalized spacial score (nSPS) is 14.2. The van der Waals surface area contributed by atoms with E-state index >= 15 is 0 Å². The van der Waals surface area contributed by atoms with E-state index in [2.05, 4.69) is 15.0 Å². The van der Waals surface area contributed by atoms with Crippen LogP contribution in [-0.4, -0.2) is 39.1 Å². The van der Waals surface area contributed by atoms with E-state index in [1.54, 1.807) is 12.1 Å². The number of aromatic nitrogens is 1. The number of sulfonamides is 1. The van der Waals surface area contributed by atoms with Crippen LogP contribution in [0.15, 0.2) is 58.2 Å². The molecule has 1 aliphatic rings. The lowest BCUT2D eigenvalue weighted by atomic mass is 10.1. The Morgan fingerprint density at radius 2 is 1.84 bits per heavy atom. The number of fused-ring (bicyclic) bond motifs is 2. The van der Waals surface area contributed by atoms with Gasteiger partial charge in [0.15, 0.2) is 11.5 Å². The van der Waals surface area contributed by atoms with Crippen LogP contribution in [0.25, 0.3) is 10.9 Å². The molecule has 0 unspecified atom stereocenters. The summed E-state index contributed by atoms with van der Waals surface area (Å²) in [5, 5.41) is 3.45. The Morgan fingerprint density at radius 1 is 1.06 bits per heavy atom. The van der Waals surface area contributed by atoms with Gasteiger partial charge < -0.3 is 19.8 Å². The molecule has 32 heavy (non-hydrogen) atoms. The fourth-order valence-electron chi connectivity index (χ4n) is 3.41. The first-order valence-electron chi connectivity index (χ1n) is 10.1. The highest BCUT2D eigenvalue weighted by molar-refractivity contribution is 7.89. The molecule has 1 aliphatic heterocycles. The molecule has 0 saturated heterocycles. The molecule has 0 bridgehead atoms. The van der Waals surface area contributed by atoms with Gasteiger partial charge in [0, 0.05) is 24.5 Å². The van der Waals surface area contributed by atoms with E-state index in [1.165, 1.54) is 24.3 Å². The van der Waals surface area contributed by atoms with Gasteiger partial charge in [-0.15, -0.1) is 0 Å². The summed E-state index contributed by atoms with van der Waals surface area (Å²) in [7, 11) is -3.80. The number of aromatic amines is 1. The van der Waals surface area contributed by atoms with Crippen LogP contribution in [-0.2, 0) is 14.8 Å². The highest BCUT2D eigenvalue weighted by atomic mass is 32.2. The number of H-pyrrole nitrogens is 1. The first kappa shape index (κ1) is 21.8. The number of nitrogens with one attached hydrogen (secondary N) is 3. The van der Waals surface area contributed by atoms with Crippen LogP contribution in [0.4, 0.5) is 0 Å². The van der Waals surface area contributed by atoms with Gasteiger partial charge in [0.05, 0.1) is 10.9 Å². The summed E-state index contributed by atoms with van der Waals surface area (Å²) in [5.74, 6) is 1.03. The number of rotatable bonds is 7. The van der Waals surface area contributed by atoms with Gasteiger partial charge in [0.1, 0.15) is 13.2 Å². The van der Waals surface area contributed by atoms with Crippen LogP contribution in [0.3, 0.4) is 0 Å². The average Bonchev–Trinajstić information content (AvgIpc) is 2.78. The van der Waals surface area contributed by atoms with Crippen molar-refractivity contribution in [1.29, 1.82) is 0 Å². The molecule has 2 aromatic carbocycles. The maximum atomic E-state index is 12.6. The molecular formula is C22H23N3O6S. The minimum absolute atomic E-state index is 0.0188. The number of pyridine rings is 1. The molecule has 168 valence electrons. The SMILES string of the molecule is C[C@@H](NC(=O)CCNS(=O)(=O)c1ccc2[nH]c(=O)ccc2c1)c1ccc2c(c1)OCCO2. The molecule has 2 heterocycles. The van der Waals surface area contributed by atoms with Crippen molar-refractivity contribution in [1.82, 2.24) is 15.0 Å². The van der Waals surface area contributed by atoms with Crippen LogP contribution in [0.5, 0.6) is 11.5 Å². The molecule has 0 spiro atoms. The summed E-state index contributed by atoms with van der Waals surface area (Å²) in [6.45, 7) is 2.78. The van der Waals surface area contributed by atoms with E-state index in [0.29, 0.717) is 35.6 Å². The van der Waals surface area contributed by atoms with Crippen LogP contribution in [0.1, 0.15) is 24.9 Å². The van der Waals surface area contributed by atoms with Crippen LogP contribution in [0, 0.1) is 0 Å². The van der Waals surface area contributed by atoms with E-state index in [1.807, 2.05) is 19.1 Å². The third kappa shape index (κ3) is 4.92. The zero-order valence-electron chi connectivity index (χ0n) is 17.4. The molecule has 0 radical (unpaired) electrons. The molecule has 3 N–H and O–H groups in total. The lowest BCUT2D eigenvalue weighted by Gasteiger charge is -2.21. The minimum atomic E-state index is -3.80. The average molecular weight is 458 g/mol. The number of benzene rings is 2. The predicted octanol–water partition coefficient (Wildman–Crippen LogP) is 1.85. The number of hydrogen-bond donors (Lipinski definition) is 3. The Bertz CT molecular complexity index is 1320. The monoisotopic (exact) mass is 457 g/mol. The Kier molecular flexibility index (Phi) is 6.15. The van der Waals surface area contributed by atoms with Crippen molar-refractivity contribution in [2.24, 2.45) is 0 Å². The molecule has 4 rings (SSSR count). The predicted molar refractivity (Wildman–Crippen MR) is 118 cm³/mol. The van der Waals surface area contributed by atoms with Gasteiger partial charge in [-0.25, -0.2) is 13.1 Å². The van der Waals surface area contributed by atoms with Gasteiger partial charge in [0.2, 0.25) is 21.5 Å². The van der Waals surface area contributed by atoms with Gasteiger partial charge in [-0.3, -0.25) is 9.59 Å². The maximum Gasteiger partial charge on any atom is 0.248 e. The van der Waals surface area contributed by atoms with Crippen molar-refractivity contribution in [2.75, 3.05) is 19.8 Å². The number of carbonyl (C=O) groups is 1. The Morgan fingerprint density at radius 3 is 2.66 bits per heavy atom. The quantitative estimate of drug-likeness (QED) is 0.497. The summed E-state index contributed by atoms with van der Waals surface area (Å²) in [5.41, 5.74) is 1.14. The molecule has 9 nitrogen and oxygen atoms in total. The number of amides is 1. The Labute approximate surface area is 184 Å². The minimum Gasteiger partial charge on any atom is -0.486 e. The Balaban J connectivity index is 1.33.